The molecule has 44 heavy (non-hydrogen) atoms. The molecule has 0 radical (unpaired) electrons. The number of oxime groups is 2. The zero-order valence-electron chi connectivity index (χ0n) is 25.2. The van der Waals surface area contributed by atoms with Crippen LogP contribution in [0.3, 0.4) is 0 Å². The lowest BCUT2D eigenvalue weighted by Crippen LogP contribution is -2.07. The molecule has 0 bridgehead atoms. The first kappa shape index (κ1) is 30.6. The summed E-state index contributed by atoms with van der Waals surface area (Å²) in [6.45, 7) is 4.41. The third kappa shape index (κ3) is 9.07. The first-order chi connectivity index (χ1) is 21.7. The monoisotopic (exact) mass is 594 g/mol. The summed E-state index contributed by atoms with van der Waals surface area (Å²) >= 11 is 0. The number of nitrogens with zero attached hydrogens (tertiary/aromatic N) is 6. The molecule has 0 N–H and O–H groups in total. The van der Waals surface area contributed by atoms with E-state index in [0.29, 0.717) is 36.1 Å². The van der Waals surface area contributed by atoms with Gasteiger partial charge in [-0.3, -0.25) is 0 Å². The van der Waals surface area contributed by atoms with Gasteiger partial charge in [-0.2, -0.15) is 0 Å². The Balaban J connectivity index is 0.000000175. The molecule has 0 saturated carbocycles. The molecule has 10 heteroatoms. The quantitative estimate of drug-likeness (QED) is 0.187. The van der Waals surface area contributed by atoms with Gasteiger partial charge in [0.1, 0.15) is 12.7 Å². The summed E-state index contributed by atoms with van der Waals surface area (Å²) in [6, 6.07) is 17.1. The van der Waals surface area contributed by atoms with Crippen molar-refractivity contribution < 1.29 is 19.1 Å². The van der Waals surface area contributed by atoms with Crippen LogP contribution in [0.25, 0.3) is 0 Å². The van der Waals surface area contributed by atoms with E-state index < -0.39 is 0 Å². The molecule has 0 unspecified atom stereocenters. The van der Waals surface area contributed by atoms with E-state index in [4.69, 9.17) is 19.1 Å². The van der Waals surface area contributed by atoms with Crippen LogP contribution in [0.15, 0.2) is 96.3 Å². The predicted octanol–water partition coefficient (Wildman–Crippen LogP) is 7.35. The number of hydrogen-bond donors (Lipinski definition) is 0. The third-order valence-electron chi connectivity index (χ3n) is 7.17. The lowest BCUT2D eigenvalue weighted by Gasteiger charge is -2.09. The summed E-state index contributed by atoms with van der Waals surface area (Å²) in [7, 11) is 0. The lowest BCUT2D eigenvalue weighted by molar-refractivity contribution is 0.0854. The Morgan fingerprint density at radius 2 is 0.977 bits per heavy atom. The summed E-state index contributed by atoms with van der Waals surface area (Å²) in [6.07, 6.45) is 17.5. The van der Waals surface area contributed by atoms with Gasteiger partial charge in [0.15, 0.2) is 23.7 Å². The highest BCUT2D eigenvalue weighted by atomic mass is 16.7. The van der Waals surface area contributed by atoms with Crippen LogP contribution in [0.5, 0.6) is 11.5 Å². The number of rotatable bonds is 10. The van der Waals surface area contributed by atoms with Gasteiger partial charge in [0.2, 0.25) is 11.8 Å². The molecule has 0 fully saturated rings. The molecular formula is C34H38N6O4. The molecule has 2 aliphatic rings. The zero-order chi connectivity index (χ0) is 30.4. The second-order valence-electron chi connectivity index (χ2n) is 10.6. The van der Waals surface area contributed by atoms with E-state index in [9.17, 15) is 0 Å². The number of unbranched alkanes of at least 4 members (excludes halogenated alkanes) is 2. The topological polar surface area (TPSA) is 113 Å². The number of aromatic nitrogens is 4. The van der Waals surface area contributed by atoms with Crippen molar-refractivity contribution in [2.45, 2.75) is 77.4 Å². The normalized spacial score (nSPS) is 17.0. The molecule has 0 aliphatic carbocycles. The van der Waals surface area contributed by atoms with E-state index in [1.807, 2.05) is 0 Å². The molecule has 228 valence electrons. The molecule has 2 atom stereocenters. The van der Waals surface area contributed by atoms with Crippen LogP contribution in [0.4, 0.5) is 0 Å². The van der Waals surface area contributed by atoms with Crippen molar-refractivity contribution in [3.8, 4) is 11.5 Å². The predicted molar refractivity (Wildman–Crippen MR) is 167 cm³/mol. The number of benzene rings is 2. The van der Waals surface area contributed by atoms with Crippen LogP contribution >= 0.6 is 0 Å². The Bertz CT molecular complexity index is 1370. The molecule has 10 nitrogen and oxygen atoms in total. The SMILES string of the molecule is CCCCc1ccc([C@@H]2CC(Oc3cncnc3)=NO2)cc1.CCCCc1ccc([C@H]2CC(Oc3cncnc3)=NO2)cc1. The smallest absolute Gasteiger partial charge is 0.235 e. The third-order valence-corrected chi connectivity index (χ3v) is 7.17. The molecular weight excluding hydrogens is 556 g/mol. The lowest BCUT2D eigenvalue weighted by atomic mass is 10.0. The van der Waals surface area contributed by atoms with Crippen molar-refractivity contribution in [2.75, 3.05) is 0 Å². The number of hydrogen-bond acceptors (Lipinski definition) is 10. The Morgan fingerprint density at radius 1 is 0.591 bits per heavy atom. The fraction of sp³-hybridized carbons (Fsp3) is 0.353. The summed E-state index contributed by atoms with van der Waals surface area (Å²) in [4.78, 5) is 26.6. The van der Waals surface area contributed by atoms with E-state index >= 15 is 0 Å². The van der Waals surface area contributed by atoms with Crippen molar-refractivity contribution in [1.82, 2.24) is 19.9 Å². The second kappa shape index (κ2) is 16.1. The van der Waals surface area contributed by atoms with Crippen LogP contribution in [0, 0.1) is 0 Å². The molecule has 2 aliphatic heterocycles. The Hall–Kier alpha value is -4.86. The van der Waals surface area contributed by atoms with Crippen LogP contribution in [-0.4, -0.2) is 31.7 Å². The summed E-state index contributed by atoms with van der Waals surface area (Å²) < 4.78 is 11.2. The van der Waals surface area contributed by atoms with Crippen molar-refractivity contribution in [3.05, 3.63) is 108 Å². The first-order valence-electron chi connectivity index (χ1n) is 15.2. The molecule has 0 amide bonds. The van der Waals surface area contributed by atoms with Gasteiger partial charge in [-0.25, -0.2) is 19.9 Å². The Morgan fingerprint density at radius 3 is 1.34 bits per heavy atom. The van der Waals surface area contributed by atoms with Crippen LogP contribution in [-0.2, 0) is 22.5 Å². The van der Waals surface area contributed by atoms with Gasteiger partial charge in [-0.05, 0) is 47.9 Å². The van der Waals surface area contributed by atoms with Crippen molar-refractivity contribution >= 4 is 11.8 Å². The molecule has 2 aromatic heterocycles. The molecule has 4 heterocycles. The van der Waals surface area contributed by atoms with Crippen LogP contribution in [0.1, 0.15) is 86.8 Å². The average Bonchev–Trinajstić information content (AvgIpc) is 3.75. The van der Waals surface area contributed by atoms with Gasteiger partial charge >= 0.3 is 0 Å². The fourth-order valence-corrected chi connectivity index (χ4v) is 4.70. The van der Waals surface area contributed by atoms with E-state index in [-0.39, 0.29) is 12.2 Å². The molecule has 2 aromatic carbocycles. The molecule has 6 rings (SSSR count). The number of aryl methyl sites for hydroxylation is 2. The van der Waals surface area contributed by atoms with Gasteiger partial charge < -0.3 is 19.1 Å². The average molecular weight is 595 g/mol. The van der Waals surface area contributed by atoms with E-state index in [1.165, 1.54) is 49.5 Å². The van der Waals surface area contributed by atoms with Crippen molar-refractivity contribution in [1.29, 1.82) is 0 Å². The first-order valence-corrected chi connectivity index (χ1v) is 15.2. The minimum Gasteiger partial charge on any atom is -0.436 e. The highest BCUT2D eigenvalue weighted by Gasteiger charge is 2.25. The largest absolute Gasteiger partial charge is 0.436 e. The fourth-order valence-electron chi connectivity index (χ4n) is 4.70. The molecule has 0 spiro atoms. The van der Waals surface area contributed by atoms with Gasteiger partial charge in [0.25, 0.3) is 0 Å². The summed E-state index contributed by atoms with van der Waals surface area (Å²) in [5.74, 6) is 2.24. The van der Waals surface area contributed by atoms with Gasteiger partial charge in [0.05, 0.1) is 37.6 Å². The van der Waals surface area contributed by atoms with E-state index in [1.54, 1.807) is 24.8 Å². The molecule has 4 aromatic rings. The maximum absolute atomic E-state index is 5.60. The minimum absolute atomic E-state index is 0.0835. The molecule has 0 saturated heterocycles. The van der Waals surface area contributed by atoms with Gasteiger partial charge in [0, 0.05) is 0 Å². The van der Waals surface area contributed by atoms with Crippen LogP contribution < -0.4 is 9.47 Å². The van der Waals surface area contributed by atoms with E-state index in [2.05, 4.69) is 92.6 Å². The van der Waals surface area contributed by atoms with Crippen LogP contribution in [0.2, 0.25) is 0 Å². The number of ether oxygens (including phenoxy) is 2. The summed E-state index contributed by atoms with van der Waals surface area (Å²) in [5, 5.41) is 8.00. The van der Waals surface area contributed by atoms with Gasteiger partial charge in [-0.15, -0.1) is 0 Å². The zero-order valence-corrected chi connectivity index (χ0v) is 25.2. The standard InChI is InChI=1S/2C17H19N3O2/c2*1-2-3-4-13-5-7-14(8-6-13)16-9-17(20-22-16)21-15-10-18-12-19-11-15/h2*5-8,10-12,16H,2-4,9H2,1H3/t2*16-/m10/s1. The maximum Gasteiger partial charge on any atom is 0.235 e. The van der Waals surface area contributed by atoms with E-state index in [0.717, 1.165) is 24.0 Å². The Labute approximate surface area is 258 Å². The highest BCUT2D eigenvalue weighted by Crippen LogP contribution is 2.29. The second-order valence-corrected chi connectivity index (χ2v) is 10.6. The van der Waals surface area contributed by atoms with Gasteiger partial charge in [-0.1, -0.05) is 85.5 Å². The Kier molecular flexibility index (Phi) is 11.2. The van der Waals surface area contributed by atoms with Crippen molar-refractivity contribution in [3.63, 3.8) is 0 Å². The van der Waals surface area contributed by atoms with Crippen molar-refractivity contribution in [2.24, 2.45) is 10.3 Å². The maximum atomic E-state index is 5.60. The highest BCUT2D eigenvalue weighted by molar-refractivity contribution is 5.80. The minimum atomic E-state index is -0.0835. The summed E-state index contributed by atoms with van der Waals surface area (Å²) in [5.41, 5.74) is 4.96.